The molecule has 1 fully saturated rings. The Hall–Kier alpha value is -1.75. The highest BCUT2D eigenvalue weighted by Crippen LogP contribution is 2.28. The van der Waals surface area contributed by atoms with E-state index in [9.17, 15) is 4.79 Å². The zero-order valence-corrected chi connectivity index (χ0v) is 12.7. The number of ether oxygens (including phenoxy) is 1. The van der Waals surface area contributed by atoms with Gasteiger partial charge in [0.2, 0.25) is 0 Å². The molecule has 2 aliphatic rings. The van der Waals surface area contributed by atoms with Crippen LogP contribution >= 0.6 is 0 Å². The van der Waals surface area contributed by atoms with E-state index < -0.39 is 6.10 Å². The molecule has 2 aliphatic heterocycles. The number of anilines is 1. The lowest BCUT2D eigenvalue weighted by Gasteiger charge is -2.30. The number of nitrogens with one attached hydrogen (secondary N) is 1. The molecule has 0 bridgehead atoms. The molecular formula is C16H23N3O2. The highest BCUT2D eigenvalue weighted by Gasteiger charge is 2.30. The molecule has 0 aromatic heterocycles. The monoisotopic (exact) mass is 289 g/mol. The van der Waals surface area contributed by atoms with E-state index in [0.29, 0.717) is 12.5 Å². The fourth-order valence-electron chi connectivity index (χ4n) is 3.15. The number of rotatable bonds is 3. The average molecular weight is 289 g/mol. The van der Waals surface area contributed by atoms with Crippen LogP contribution in [0.3, 0.4) is 0 Å². The second-order valence-corrected chi connectivity index (χ2v) is 6.12. The van der Waals surface area contributed by atoms with E-state index in [2.05, 4.69) is 17.3 Å². The van der Waals surface area contributed by atoms with E-state index in [1.54, 1.807) is 0 Å². The number of benzene rings is 1. The second kappa shape index (κ2) is 5.93. The minimum atomic E-state index is -0.427. The van der Waals surface area contributed by atoms with Crippen molar-refractivity contribution in [2.75, 3.05) is 45.6 Å². The number of fused-ring (bicyclic) bond motifs is 1. The summed E-state index contributed by atoms with van der Waals surface area (Å²) in [6.07, 6.45) is 0.741. The molecule has 0 spiro atoms. The van der Waals surface area contributed by atoms with Gasteiger partial charge in [0.15, 0.2) is 6.10 Å². The molecule has 1 saturated heterocycles. The molecule has 0 aliphatic carbocycles. The van der Waals surface area contributed by atoms with Crippen molar-refractivity contribution in [1.82, 2.24) is 9.80 Å². The lowest BCUT2D eigenvalue weighted by atomic mass is 10.1. The van der Waals surface area contributed by atoms with Crippen molar-refractivity contribution in [3.8, 4) is 5.75 Å². The molecule has 5 heteroatoms. The van der Waals surface area contributed by atoms with Crippen LogP contribution < -0.4 is 10.1 Å². The van der Waals surface area contributed by atoms with Crippen LogP contribution in [0.2, 0.25) is 0 Å². The van der Waals surface area contributed by atoms with E-state index in [0.717, 1.165) is 31.1 Å². The molecule has 0 radical (unpaired) electrons. The summed E-state index contributed by atoms with van der Waals surface area (Å²) in [5, 5.41) is 3.27. The van der Waals surface area contributed by atoms with Crippen LogP contribution in [0.15, 0.2) is 24.3 Å². The molecule has 3 rings (SSSR count). The molecule has 2 atom stereocenters. The smallest absolute Gasteiger partial charge is 0.265 e. The Morgan fingerprint density at radius 3 is 3.05 bits per heavy atom. The summed E-state index contributed by atoms with van der Waals surface area (Å²) in [5.41, 5.74) is 0.960. The first-order chi connectivity index (χ1) is 10.1. The first-order valence-electron chi connectivity index (χ1n) is 7.56. The van der Waals surface area contributed by atoms with Gasteiger partial charge >= 0.3 is 0 Å². The Labute approximate surface area is 125 Å². The highest BCUT2D eigenvalue weighted by atomic mass is 16.5. The first kappa shape index (κ1) is 14.2. The van der Waals surface area contributed by atoms with Gasteiger partial charge in [0, 0.05) is 20.1 Å². The number of para-hydroxylation sites is 2. The molecule has 1 aromatic carbocycles. The van der Waals surface area contributed by atoms with E-state index in [-0.39, 0.29) is 5.91 Å². The molecule has 1 N–H and O–H groups in total. The SMILES string of the molecule is CN1CCC(CN(C)C(=O)C2CNc3ccccc3O2)C1. The van der Waals surface area contributed by atoms with Crippen LogP contribution in [0, 0.1) is 5.92 Å². The Morgan fingerprint density at radius 1 is 1.48 bits per heavy atom. The Bertz CT molecular complexity index is 520. The normalized spacial score (nSPS) is 24.9. The van der Waals surface area contributed by atoms with Crippen molar-refractivity contribution in [3.63, 3.8) is 0 Å². The largest absolute Gasteiger partial charge is 0.477 e. The summed E-state index contributed by atoms with van der Waals surface area (Å²) in [4.78, 5) is 16.7. The van der Waals surface area contributed by atoms with Gasteiger partial charge in [-0.3, -0.25) is 4.79 Å². The lowest BCUT2D eigenvalue weighted by molar-refractivity contribution is -0.137. The topological polar surface area (TPSA) is 44.8 Å². The minimum absolute atomic E-state index is 0.0616. The third-order valence-electron chi connectivity index (χ3n) is 4.31. The van der Waals surface area contributed by atoms with Crippen LogP contribution in [-0.2, 0) is 4.79 Å². The van der Waals surface area contributed by atoms with E-state index in [1.165, 1.54) is 6.42 Å². The number of carbonyl (C=O) groups excluding carboxylic acids is 1. The number of carbonyl (C=O) groups is 1. The number of hydrogen-bond donors (Lipinski definition) is 1. The predicted molar refractivity (Wildman–Crippen MR) is 82.6 cm³/mol. The molecular weight excluding hydrogens is 266 g/mol. The fraction of sp³-hybridized carbons (Fsp3) is 0.562. The molecule has 2 heterocycles. The van der Waals surface area contributed by atoms with Gasteiger partial charge in [-0.25, -0.2) is 0 Å². The number of hydrogen-bond acceptors (Lipinski definition) is 4. The average Bonchev–Trinajstić information content (AvgIpc) is 2.91. The zero-order chi connectivity index (χ0) is 14.8. The number of likely N-dealkylation sites (tertiary alicyclic amines) is 1. The Kier molecular flexibility index (Phi) is 4.01. The third kappa shape index (κ3) is 3.13. The molecule has 1 aromatic rings. The zero-order valence-electron chi connectivity index (χ0n) is 12.7. The fourth-order valence-corrected chi connectivity index (χ4v) is 3.15. The van der Waals surface area contributed by atoms with Gasteiger partial charge < -0.3 is 19.9 Å². The Morgan fingerprint density at radius 2 is 2.29 bits per heavy atom. The lowest BCUT2D eigenvalue weighted by Crippen LogP contribution is -2.46. The van der Waals surface area contributed by atoms with E-state index >= 15 is 0 Å². The van der Waals surface area contributed by atoms with E-state index in [4.69, 9.17) is 4.74 Å². The molecule has 0 saturated carbocycles. The summed E-state index contributed by atoms with van der Waals surface area (Å²) in [6.45, 7) is 3.54. The number of nitrogens with zero attached hydrogens (tertiary/aromatic N) is 2. The van der Waals surface area contributed by atoms with Crippen molar-refractivity contribution in [2.24, 2.45) is 5.92 Å². The van der Waals surface area contributed by atoms with Gasteiger partial charge in [-0.05, 0) is 38.1 Å². The van der Waals surface area contributed by atoms with Crippen molar-refractivity contribution in [3.05, 3.63) is 24.3 Å². The minimum Gasteiger partial charge on any atom is -0.477 e. The van der Waals surface area contributed by atoms with Crippen LogP contribution in [-0.4, -0.2) is 62.1 Å². The van der Waals surface area contributed by atoms with Gasteiger partial charge in [-0.1, -0.05) is 12.1 Å². The number of amides is 1. The molecule has 5 nitrogen and oxygen atoms in total. The second-order valence-electron chi connectivity index (χ2n) is 6.12. The van der Waals surface area contributed by atoms with Gasteiger partial charge in [-0.15, -0.1) is 0 Å². The maximum absolute atomic E-state index is 12.5. The summed E-state index contributed by atoms with van der Waals surface area (Å²) < 4.78 is 5.84. The van der Waals surface area contributed by atoms with Gasteiger partial charge in [0.25, 0.3) is 5.91 Å². The van der Waals surface area contributed by atoms with E-state index in [1.807, 2.05) is 36.2 Å². The molecule has 114 valence electrons. The van der Waals surface area contributed by atoms with Crippen LogP contribution in [0.1, 0.15) is 6.42 Å². The summed E-state index contributed by atoms with van der Waals surface area (Å²) in [7, 11) is 4.01. The summed E-state index contributed by atoms with van der Waals surface area (Å²) >= 11 is 0. The van der Waals surface area contributed by atoms with Crippen molar-refractivity contribution in [2.45, 2.75) is 12.5 Å². The molecule has 2 unspecified atom stereocenters. The standard InChI is InChI=1S/C16H23N3O2/c1-18-8-7-12(10-18)11-19(2)16(20)15-9-17-13-5-3-4-6-14(13)21-15/h3-6,12,15,17H,7-11H2,1-2H3. The molecule has 21 heavy (non-hydrogen) atoms. The van der Waals surface area contributed by atoms with Crippen molar-refractivity contribution < 1.29 is 9.53 Å². The summed E-state index contributed by atoms with van der Waals surface area (Å²) in [6, 6.07) is 7.74. The van der Waals surface area contributed by atoms with Crippen LogP contribution in [0.25, 0.3) is 0 Å². The predicted octanol–water partition coefficient (Wildman–Crippen LogP) is 1.27. The summed E-state index contributed by atoms with van der Waals surface area (Å²) in [5.74, 6) is 1.40. The van der Waals surface area contributed by atoms with Gasteiger partial charge in [0.1, 0.15) is 5.75 Å². The first-order valence-corrected chi connectivity index (χ1v) is 7.56. The van der Waals surface area contributed by atoms with Gasteiger partial charge in [0.05, 0.1) is 12.2 Å². The van der Waals surface area contributed by atoms with Crippen LogP contribution in [0.4, 0.5) is 5.69 Å². The highest BCUT2D eigenvalue weighted by molar-refractivity contribution is 5.83. The number of likely N-dealkylation sites (N-methyl/N-ethyl adjacent to an activating group) is 1. The van der Waals surface area contributed by atoms with Gasteiger partial charge in [-0.2, -0.15) is 0 Å². The Balaban J connectivity index is 1.58. The van der Waals surface area contributed by atoms with Crippen molar-refractivity contribution in [1.29, 1.82) is 0 Å². The van der Waals surface area contributed by atoms with Crippen molar-refractivity contribution >= 4 is 11.6 Å². The maximum atomic E-state index is 12.5. The quantitative estimate of drug-likeness (QED) is 0.910. The van der Waals surface area contributed by atoms with Crippen LogP contribution in [0.5, 0.6) is 5.75 Å². The molecule has 1 amide bonds. The third-order valence-corrected chi connectivity index (χ3v) is 4.31. The maximum Gasteiger partial charge on any atom is 0.265 e.